The highest BCUT2D eigenvalue weighted by Crippen LogP contribution is 2.09. The second-order valence-corrected chi connectivity index (χ2v) is 3.75. The Labute approximate surface area is 92.9 Å². The number of nitrogens with two attached hydrogens (primary N) is 1. The van der Waals surface area contributed by atoms with Gasteiger partial charge in [-0.2, -0.15) is 0 Å². The van der Waals surface area contributed by atoms with Gasteiger partial charge in [0.15, 0.2) is 0 Å². The Bertz CT molecular complexity index is 357. The van der Waals surface area contributed by atoms with Gasteiger partial charge in [-0.25, -0.2) is 4.63 Å². The third kappa shape index (κ3) is 2.30. The fourth-order valence-corrected chi connectivity index (χ4v) is 1.70. The minimum Gasteiger partial charge on any atom is -0.379 e. The first-order valence-electron chi connectivity index (χ1n) is 5.37. The van der Waals surface area contributed by atoms with Crippen LogP contribution in [0.5, 0.6) is 0 Å². The number of hydrogen-bond donors (Lipinski definition) is 2. The Morgan fingerprint density at radius 1 is 1.31 bits per heavy atom. The first-order chi connectivity index (χ1) is 7.79. The van der Waals surface area contributed by atoms with Gasteiger partial charge in [-0.15, -0.1) is 0 Å². The number of nitrogens with one attached hydrogen (secondary N) is 1. The fourth-order valence-electron chi connectivity index (χ4n) is 1.70. The van der Waals surface area contributed by atoms with Gasteiger partial charge in [-0.3, -0.25) is 4.79 Å². The second-order valence-electron chi connectivity index (χ2n) is 3.75. The molecule has 0 bridgehead atoms. The van der Waals surface area contributed by atoms with E-state index in [9.17, 15) is 4.79 Å². The Balaban J connectivity index is 2.05. The van der Waals surface area contributed by atoms with E-state index < -0.39 is 0 Å². The summed E-state index contributed by atoms with van der Waals surface area (Å²) in [6, 6.07) is 0. The van der Waals surface area contributed by atoms with Crippen molar-refractivity contribution in [3.63, 3.8) is 0 Å². The number of nitrogens with zero attached hydrogens (tertiary/aromatic N) is 3. The van der Waals surface area contributed by atoms with Gasteiger partial charge < -0.3 is 16.0 Å². The molecule has 3 N–H and O–H groups in total. The van der Waals surface area contributed by atoms with Crippen LogP contribution in [-0.2, 0) is 0 Å². The average molecular weight is 225 g/mol. The van der Waals surface area contributed by atoms with Crippen molar-refractivity contribution >= 4 is 11.7 Å². The number of nitrogen functional groups attached to an aromatic ring is 1. The maximum Gasteiger partial charge on any atom is 0.280 e. The molecule has 2 heterocycles. The van der Waals surface area contributed by atoms with E-state index in [4.69, 9.17) is 5.73 Å². The van der Waals surface area contributed by atoms with Crippen LogP contribution in [0.2, 0.25) is 0 Å². The van der Waals surface area contributed by atoms with Crippen molar-refractivity contribution < 1.29 is 9.42 Å². The van der Waals surface area contributed by atoms with E-state index >= 15 is 0 Å². The molecule has 16 heavy (non-hydrogen) atoms. The van der Waals surface area contributed by atoms with Gasteiger partial charge in [-0.1, -0.05) is 0 Å². The van der Waals surface area contributed by atoms with Crippen molar-refractivity contribution in [2.45, 2.75) is 12.8 Å². The summed E-state index contributed by atoms with van der Waals surface area (Å²) in [5, 5.41) is 10.2. The third-order valence-electron chi connectivity index (χ3n) is 2.59. The fraction of sp³-hybridized carbons (Fsp3) is 0.667. The van der Waals surface area contributed by atoms with E-state index in [2.05, 4.69) is 20.3 Å². The number of rotatable bonds is 1. The van der Waals surface area contributed by atoms with Crippen molar-refractivity contribution in [1.29, 1.82) is 0 Å². The molecule has 1 aromatic rings. The molecule has 1 fully saturated rings. The Hall–Kier alpha value is -1.63. The van der Waals surface area contributed by atoms with Crippen molar-refractivity contribution in [2.75, 3.05) is 31.9 Å². The molecule has 0 saturated carbocycles. The number of carbonyl (C=O) groups is 1. The molecule has 1 amide bonds. The minimum absolute atomic E-state index is 0.0556. The summed E-state index contributed by atoms with van der Waals surface area (Å²) in [5.41, 5.74) is 5.60. The Kier molecular flexibility index (Phi) is 3.35. The highest BCUT2D eigenvalue weighted by atomic mass is 16.6. The highest BCUT2D eigenvalue weighted by molar-refractivity contribution is 5.96. The van der Waals surface area contributed by atoms with Gasteiger partial charge in [0.25, 0.3) is 5.91 Å². The number of amides is 1. The largest absolute Gasteiger partial charge is 0.379 e. The van der Waals surface area contributed by atoms with Crippen molar-refractivity contribution in [1.82, 2.24) is 20.5 Å². The molecule has 0 unspecified atom stereocenters. The summed E-state index contributed by atoms with van der Waals surface area (Å²) >= 11 is 0. The molecule has 1 saturated heterocycles. The zero-order chi connectivity index (χ0) is 11.4. The predicted octanol–water partition coefficient (Wildman–Crippen LogP) is -0.523. The lowest BCUT2D eigenvalue weighted by Crippen LogP contribution is -2.40. The molecule has 0 spiro atoms. The predicted molar refractivity (Wildman–Crippen MR) is 56.7 cm³/mol. The molecule has 0 aromatic carbocycles. The molecule has 0 aliphatic carbocycles. The molecule has 2 rings (SSSR count). The first-order valence-corrected chi connectivity index (χ1v) is 5.37. The van der Waals surface area contributed by atoms with E-state index in [0.29, 0.717) is 6.54 Å². The van der Waals surface area contributed by atoms with Crippen LogP contribution in [0.1, 0.15) is 23.3 Å². The molecule has 1 aliphatic heterocycles. The SMILES string of the molecule is Nc1nonc1C(=O)N1CCCCNCC1. The highest BCUT2D eigenvalue weighted by Gasteiger charge is 2.22. The number of aromatic nitrogens is 2. The molecular weight excluding hydrogens is 210 g/mol. The van der Waals surface area contributed by atoms with Crippen LogP contribution in [-0.4, -0.2) is 47.3 Å². The van der Waals surface area contributed by atoms with Crippen LogP contribution < -0.4 is 11.1 Å². The van der Waals surface area contributed by atoms with Gasteiger partial charge in [0, 0.05) is 19.6 Å². The Morgan fingerprint density at radius 2 is 2.19 bits per heavy atom. The lowest BCUT2D eigenvalue weighted by atomic mass is 10.2. The molecule has 0 radical (unpaired) electrons. The molecule has 7 nitrogen and oxygen atoms in total. The summed E-state index contributed by atoms with van der Waals surface area (Å²) in [4.78, 5) is 13.7. The van der Waals surface area contributed by atoms with Crippen LogP contribution in [0.25, 0.3) is 0 Å². The van der Waals surface area contributed by atoms with E-state index in [1.165, 1.54) is 0 Å². The average Bonchev–Trinajstić information content (AvgIpc) is 2.63. The lowest BCUT2D eigenvalue weighted by molar-refractivity contribution is 0.0737. The van der Waals surface area contributed by atoms with E-state index in [-0.39, 0.29) is 17.4 Å². The molecule has 1 aromatic heterocycles. The molecule has 1 aliphatic rings. The van der Waals surface area contributed by atoms with Crippen molar-refractivity contribution in [3.8, 4) is 0 Å². The van der Waals surface area contributed by atoms with E-state index in [0.717, 1.165) is 32.5 Å². The summed E-state index contributed by atoms with van der Waals surface area (Å²) in [7, 11) is 0. The standard InChI is InChI=1S/C9H15N5O2/c10-8-7(12-16-13-8)9(15)14-5-2-1-3-11-4-6-14/h11H,1-6H2,(H2,10,13). The molecule has 88 valence electrons. The molecular formula is C9H15N5O2. The van der Waals surface area contributed by atoms with Gasteiger partial charge in [0.05, 0.1) is 0 Å². The molecule has 7 heteroatoms. The quantitative estimate of drug-likeness (QED) is 0.667. The van der Waals surface area contributed by atoms with E-state index in [1.54, 1.807) is 4.90 Å². The topological polar surface area (TPSA) is 97.3 Å². The maximum absolute atomic E-state index is 12.0. The van der Waals surface area contributed by atoms with Gasteiger partial charge in [0.1, 0.15) is 0 Å². The van der Waals surface area contributed by atoms with E-state index in [1.807, 2.05) is 0 Å². The first kappa shape index (κ1) is 10.9. The second kappa shape index (κ2) is 4.93. The van der Waals surface area contributed by atoms with Crippen LogP contribution in [0.3, 0.4) is 0 Å². The normalized spacial score (nSPS) is 17.9. The zero-order valence-electron chi connectivity index (χ0n) is 8.98. The van der Waals surface area contributed by atoms with Crippen LogP contribution in [0.4, 0.5) is 5.82 Å². The van der Waals surface area contributed by atoms with Gasteiger partial charge in [0.2, 0.25) is 11.5 Å². The number of carbonyl (C=O) groups excluding carboxylic acids is 1. The maximum atomic E-state index is 12.0. The summed E-state index contributed by atoms with van der Waals surface area (Å²) in [6.45, 7) is 3.19. The van der Waals surface area contributed by atoms with Gasteiger partial charge in [-0.05, 0) is 29.7 Å². The smallest absolute Gasteiger partial charge is 0.280 e. The zero-order valence-corrected chi connectivity index (χ0v) is 8.98. The number of anilines is 1. The van der Waals surface area contributed by atoms with Crippen LogP contribution >= 0.6 is 0 Å². The lowest BCUT2D eigenvalue weighted by Gasteiger charge is -2.24. The van der Waals surface area contributed by atoms with Crippen LogP contribution in [0, 0.1) is 0 Å². The summed E-state index contributed by atoms with van der Waals surface area (Å²) < 4.78 is 4.43. The van der Waals surface area contributed by atoms with Crippen molar-refractivity contribution in [3.05, 3.63) is 5.69 Å². The van der Waals surface area contributed by atoms with Gasteiger partial charge >= 0.3 is 0 Å². The third-order valence-corrected chi connectivity index (χ3v) is 2.59. The monoisotopic (exact) mass is 225 g/mol. The Morgan fingerprint density at radius 3 is 2.94 bits per heavy atom. The van der Waals surface area contributed by atoms with Crippen molar-refractivity contribution in [2.24, 2.45) is 0 Å². The number of hydrogen-bond acceptors (Lipinski definition) is 6. The summed E-state index contributed by atoms with van der Waals surface area (Å²) in [5.74, 6) is -0.150. The molecule has 0 atom stereocenters. The van der Waals surface area contributed by atoms with Crippen LogP contribution in [0.15, 0.2) is 4.63 Å². The minimum atomic E-state index is -0.206. The summed E-state index contributed by atoms with van der Waals surface area (Å²) in [6.07, 6.45) is 2.04.